The highest BCUT2D eigenvalue weighted by Gasteiger charge is 2.60. The SMILES string of the molecule is COc1ncc(-c2cc(CN3CCC(F)(F)CC3)c3c(N)ncnn23)cc1C(=O)N[C@@H]1C(C(C(C)(C)C)C(F)(F)F)N(C(=O)O)C[C@@H]1F. The van der Waals surface area contributed by atoms with Gasteiger partial charge in [0.05, 0.1) is 37.4 Å². The first-order valence-electron chi connectivity index (χ1n) is 15.1. The molecular formula is C30H36F6N8O4. The number of nitrogen functional groups attached to an aromatic ring is 1. The molecule has 3 aromatic rings. The molecule has 0 saturated carbocycles. The van der Waals surface area contributed by atoms with Gasteiger partial charge in [-0.3, -0.25) is 14.6 Å². The summed E-state index contributed by atoms with van der Waals surface area (Å²) in [4.78, 5) is 36.2. The molecule has 2 amide bonds. The van der Waals surface area contributed by atoms with Gasteiger partial charge >= 0.3 is 12.3 Å². The van der Waals surface area contributed by atoms with Crippen LogP contribution in [-0.2, 0) is 6.54 Å². The molecule has 4 N–H and O–H groups in total. The molecule has 12 nitrogen and oxygen atoms in total. The highest BCUT2D eigenvalue weighted by Crippen LogP contribution is 2.46. The number of nitrogens with zero attached hydrogens (tertiary/aromatic N) is 6. The highest BCUT2D eigenvalue weighted by atomic mass is 19.4. The number of ether oxygens (including phenoxy) is 1. The number of carbonyl (C=O) groups excluding carboxylic acids is 1. The standard InChI is InChI=1S/C30H36F6N8O4/c1-28(2,3)23(30(34,35)36)22-20(18(31)13-43(22)27(46)47)41-25(45)17-9-15(11-38-26(17)48-4)19-10-16(21-24(37)39-14-40-44(19)21)12-42-7-5-29(32,33)6-8-42/h9-11,14,18,20,22-23H,5-8,12-13H2,1-4H3,(H,41,45)(H,46,47)(H2,37,39,40)/t18-,20-,22?,23?/m0/s1. The Hall–Kier alpha value is -4.35. The first-order valence-corrected chi connectivity index (χ1v) is 15.1. The Bertz CT molecular complexity index is 1670. The topological polar surface area (TPSA) is 151 Å². The number of fused-ring (bicyclic) bond motifs is 1. The van der Waals surface area contributed by atoms with Crippen molar-refractivity contribution in [3.05, 3.63) is 35.8 Å². The fourth-order valence-corrected chi connectivity index (χ4v) is 6.69. The molecule has 0 spiro atoms. The van der Waals surface area contributed by atoms with E-state index < -0.39 is 60.2 Å². The normalized spacial score (nSPS) is 22.5. The van der Waals surface area contributed by atoms with Crippen molar-refractivity contribution in [1.29, 1.82) is 0 Å². The molecule has 5 rings (SSSR count). The maximum Gasteiger partial charge on any atom is 0.407 e. The summed E-state index contributed by atoms with van der Waals surface area (Å²) in [5, 5.41) is 16.3. The van der Waals surface area contributed by atoms with E-state index in [0.29, 0.717) is 21.7 Å². The third kappa shape index (κ3) is 6.79. The molecule has 2 saturated heterocycles. The summed E-state index contributed by atoms with van der Waals surface area (Å²) >= 11 is 0. The lowest BCUT2D eigenvalue weighted by molar-refractivity contribution is -0.216. The van der Waals surface area contributed by atoms with Crippen LogP contribution in [0.25, 0.3) is 16.8 Å². The van der Waals surface area contributed by atoms with E-state index in [4.69, 9.17) is 10.5 Å². The van der Waals surface area contributed by atoms with Crippen LogP contribution < -0.4 is 15.8 Å². The smallest absolute Gasteiger partial charge is 0.407 e. The van der Waals surface area contributed by atoms with Crippen LogP contribution in [0.5, 0.6) is 5.88 Å². The minimum Gasteiger partial charge on any atom is -0.480 e. The lowest BCUT2D eigenvalue weighted by Crippen LogP contribution is -2.58. The number of methoxy groups -OCH3 is 1. The number of hydrogen-bond acceptors (Lipinski definition) is 8. The summed E-state index contributed by atoms with van der Waals surface area (Å²) in [7, 11) is 1.21. The summed E-state index contributed by atoms with van der Waals surface area (Å²) < 4.78 is 92.9. The maximum absolute atomic E-state index is 15.4. The van der Waals surface area contributed by atoms with Gasteiger partial charge < -0.3 is 20.9 Å². The Kier molecular flexibility index (Phi) is 9.17. The molecule has 18 heteroatoms. The van der Waals surface area contributed by atoms with Crippen LogP contribution >= 0.6 is 0 Å². The van der Waals surface area contributed by atoms with E-state index in [0.717, 1.165) is 0 Å². The highest BCUT2D eigenvalue weighted by molar-refractivity contribution is 5.98. The second-order valence-electron chi connectivity index (χ2n) is 13.2. The molecular weight excluding hydrogens is 650 g/mol. The van der Waals surface area contributed by atoms with Crippen LogP contribution in [0.4, 0.5) is 37.0 Å². The number of anilines is 1. The monoisotopic (exact) mass is 686 g/mol. The van der Waals surface area contributed by atoms with Crippen LogP contribution in [0.1, 0.15) is 49.5 Å². The van der Waals surface area contributed by atoms with Crippen molar-refractivity contribution in [3.63, 3.8) is 0 Å². The molecule has 0 aromatic carbocycles. The Balaban J connectivity index is 1.51. The zero-order valence-electron chi connectivity index (χ0n) is 26.6. The average Bonchev–Trinajstić information content (AvgIpc) is 3.50. The molecule has 4 atom stereocenters. The minimum absolute atomic E-state index is 0.107. The van der Waals surface area contributed by atoms with Crippen molar-refractivity contribution in [2.24, 2.45) is 11.3 Å². The van der Waals surface area contributed by atoms with Crippen LogP contribution in [0.3, 0.4) is 0 Å². The number of hydrogen-bond donors (Lipinski definition) is 3. The summed E-state index contributed by atoms with van der Waals surface area (Å²) in [6.45, 7) is 3.43. The van der Waals surface area contributed by atoms with Crippen molar-refractivity contribution in [1.82, 2.24) is 34.7 Å². The molecule has 2 aliphatic heterocycles. The zero-order valence-corrected chi connectivity index (χ0v) is 26.6. The Morgan fingerprint density at radius 3 is 2.42 bits per heavy atom. The largest absolute Gasteiger partial charge is 0.480 e. The molecule has 48 heavy (non-hydrogen) atoms. The minimum atomic E-state index is -4.94. The van der Waals surface area contributed by atoms with Crippen molar-refractivity contribution in [3.8, 4) is 17.1 Å². The number of carboxylic acid groups (broad SMARTS) is 1. The van der Waals surface area contributed by atoms with E-state index in [-0.39, 0.29) is 55.3 Å². The van der Waals surface area contributed by atoms with Crippen molar-refractivity contribution in [2.45, 2.75) is 70.5 Å². The van der Waals surface area contributed by atoms with Gasteiger partial charge in [-0.1, -0.05) is 20.8 Å². The fourth-order valence-electron chi connectivity index (χ4n) is 6.69. The first kappa shape index (κ1) is 35.0. The van der Waals surface area contributed by atoms with Crippen LogP contribution in [0.15, 0.2) is 24.7 Å². The summed E-state index contributed by atoms with van der Waals surface area (Å²) in [6, 6.07) is -0.831. The average molecular weight is 687 g/mol. The molecule has 5 heterocycles. The van der Waals surface area contributed by atoms with Crippen molar-refractivity contribution >= 4 is 23.3 Å². The lowest BCUT2D eigenvalue weighted by atomic mass is 9.73. The first-order chi connectivity index (χ1) is 22.3. The Morgan fingerprint density at radius 2 is 1.83 bits per heavy atom. The maximum atomic E-state index is 15.4. The van der Waals surface area contributed by atoms with E-state index in [1.807, 2.05) is 4.90 Å². The number of likely N-dealkylation sites (tertiary alicyclic amines) is 2. The summed E-state index contributed by atoms with van der Waals surface area (Å²) in [6.07, 6.45) is -6.90. The van der Waals surface area contributed by atoms with Gasteiger partial charge in [-0.25, -0.2) is 32.4 Å². The Labute approximate surface area is 271 Å². The number of pyridine rings is 1. The van der Waals surface area contributed by atoms with Crippen LogP contribution in [0.2, 0.25) is 0 Å². The number of rotatable bonds is 7. The van der Waals surface area contributed by atoms with E-state index >= 15 is 4.39 Å². The predicted octanol–water partition coefficient (Wildman–Crippen LogP) is 4.64. The van der Waals surface area contributed by atoms with E-state index in [1.54, 1.807) is 6.07 Å². The molecule has 0 radical (unpaired) electrons. The van der Waals surface area contributed by atoms with Crippen molar-refractivity contribution in [2.75, 3.05) is 32.5 Å². The van der Waals surface area contributed by atoms with Gasteiger partial charge in [0.25, 0.3) is 11.8 Å². The Morgan fingerprint density at radius 1 is 1.17 bits per heavy atom. The number of halogens is 6. The molecule has 0 bridgehead atoms. The number of nitrogens with one attached hydrogen (secondary N) is 1. The number of carbonyl (C=O) groups is 2. The molecule has 3 aromatic heterocycles. The van der Waals surface area contributed by atoms with Gasteiger partial charge in [-0.2, -0.15) is 18.3 Å². The van der Waals surface area contributed by atoms with Gasteiger partial charge in [0.2, 0.25) is 5.88 Å². The van der Waals surface area contributed by atoms with E-state index in [1.165, 1.54) is 51.0 Å². The van der Waals surface area contributed by atoms with Crippen LogP contribution in [-0.4, -0.2) is 104 Å². The van der Waals surface area contributed by atoms with Crippen molar-refractivity contribution < 1.29 is 45.8 Å². The van der Waals surface area contributed by atoms with Gasteiger partial charge in [-0.05, 0) is 23.1 Å². The zero-order chi connectivity index (χ0) is 35.3. The molecule has 2 unspecified atom stereocenters. The number of aromatic nitrogens is 4. The third-order valence-electron chi connectivity index (χ3n) is 8.89. The number of amides is 2. The lowest BCUT2D eigenvalue weighted by Gasteiger charge is -2.41. The second kappa shape index (κ2) is 12.6. The van der Waals surface area contributed by atoms with E-state index in [2.05, 4.69) is 20.4 Å². The molecule has 2 aliphatic rings. The fraction of sp³-hybridized carbons (Fsp3) is 0.567. The predicted molar refractivity (Wildman–Crippen MR) is 160 cm³/mol. The molecule has 2 fully saturated rings. The number of piperidine rings is 1. The number of alkyl halides is 6. The van der Waals surface area contributed by atoms with E-state index in [9.17, 15) is 36.6 Å². The van der Waals surface area contributed by atoms with Gasteiger partial charge in [0, 0.05) is 44.2 Å². The number of nitrogens with two attached hydrogens (primary N) is 1. The van der Waals surface area contributed by atoms with Crippen LogP contribution in [0, 0.1) is 11.3 Å². The van der Waals surface area contributed by atoms with Gasteiger partial charge in [0.1, 0.15) is 23.6 Å². The van der Waals surface area contributed by atoms with Gasteiger partial charge in [-0.15, -0.1) is 0 Å². The van der Waals surface area contributed by atoms with Gasteiger partial charge in [0.15, 0.2) is 5.82 Å². The summed E-state index contributed by atoms with van der Waals surface area (Å²) in [5.41, 5.74) is 6.00. The molecule has 262 valence electrons. The third-order valence-corrected chi connectivity index (χ3v) is 8.89. The quantitative estimate of drug-likeness (QED) is 0.302. The second-order valence-corrected chi connectivity index (χ2v) is 13.2. The molecule has 0 aliphatic carbocycles. The summed E-state index contributed by atoms with van der Waals surface area (Å²) in [5.74, 6) is -6.25.